The molecule has 2 fully saturated rings. The molecule has 5 rings (SSSR count). The van der Waals surface area contributed by atoms with E-state index in [9.17, 15) is 28.3 Å². The number of nitrogens with one attached hydrogen (secondary N) is 1. The summed E-state index contributed by atoms with van der Waals surface area (Å²) in [7, 11) is 0. The van der Waals surface area contributed by atoms with Crippen LogP contribution in [0, 0.1) is 11.6 Å². The van der Waals surface area contributed by atoms with Crippen LogP contribution in [0.25, 0.3) is 0 Å². The van der Waals surface area contributed by atoms with Crippen LogP contribution in [0.5, 0.6) is 5.75 Å². The van der Waals surface area contributed by atoms with Crippen LogP contribution in [0.4, 0.5) is 13.6 Å². The van der Waals surface area contributed by atoms with Gasteiger partial charge >= 0.3 is 6.03 Å². The monoisotopic (exact) mass is 589 g/mol. The van der Waals surface area contributed by atoms with Gasteiger partial charge in [0.05, 0.1) is 12.6 Å². The highest BCUT2D eigenvalue weighted by molar-refractivity contribution is 5.92. The van der Waals surface area contributed by atoms with Crippen molar-refractivity contribution in [1.29, 1.82) is 0 Å². The summed E-state index contributed by atoms with van der Waals surface area (Å²) in [6.07, 6.45) is 0.732. The molecule has 11 heteroatoms. The molecular weight excluding hydrogens is 556 g/mol. The molecule has 0 aromatic heterocycles. The number of benzene rings is 3. The van der Waals surface area contributed by atoms with Gasteiger partial charge in [0.15, 0.2) is 0 Å². The lowest BCUT2D eigenvalue weighted by Gasteiger charge is -2.57. The number of carbonyl (C=O) groups excluding carboxylic acids is 3. The molecule has 4 amide bonds. The first-order valence-electron chi connectivity index (χ1n) is 14.0. The van der Waals surface area contributed by atoms with E-state index in [-0.39, 0.29) is 49.8 Å². The zero-order chi connectivity index (χ0) is 30.7. The number of hydrazine groups is 1. The normalized spacial score (nSPS) is 20.6. The Morgan fingerprint density at radius 1 is 1.05 bits per heavy atom. The molecule has 3 aromatic carbocycles. The van der Waals surface area contributed by atoms with Crippen molar-refractivity contribution < 1.29 is 28.3 Å². The lowest BCUT2D eigenvalue weighted by Crippen LogP contribution is -2.79. The minimum atomic E-state index is -1.03. The van der Waals surface area contributed by atoms with E-state index in [1.165, 1.54) is 33.0 Å². The second-order valence-electron chi connectivity index (χ2n) is 10.7. The Kier molecular flexibility index (Phi) is 8.72. The zero-order valence-electron chi connectivity index (χ0n) is 23.7. The Morgan fingerprint density at radius 3 is 2.44 bits per heavy atom. The molecule has 3 aromatic rings. The summed E-state index contributed by atoms with van der Waals surface area (Å²) in [5, 5.41) is 15.7. The quantitative estimate of drug-likeness (QED) is 0.390. The predicted octanol–water partition coefficient (Wildman–Crippen LogP) is 3.80. The predicted molar refractivity (Wildman–Crippen MR) is 155 cm³/mol. The fraction of sp³-hybridized carbons (Fsp3) is 0.281. The molecule has 43 heavy (non-hydrogen) atoms. The SMILES string of the molecule is C=CCN1CC(=O)N2C(C(C)N(Cc3ccc(F)cc3F)C(=O)[C@@H]2Cc2ccc(O)cc2)N1C(=O)NCc1ccccc1. The van der Waals surface area contributed by atoms with Gasteiger partial charge in [0.2, 0.25) is 11.8 Å². The lowest BCUT2D eigenvalue weighted by molar-refractivity contribution is -0.198. The van der Waals surface area contributed by atoms with Crippen molar-refractivity contribution in [3.63, 3.8) is 0 Å². The molecule has 0 aliphatic carbocycles. The topological polar surface area (TPSA) is 96.4 Å². The molecule has 2 N–H and O–H groups in total. The number of urea groups is 1. The standard InChI is InChI=1S/C32H33F2N5O4/c1-3-15-36-20-29(41)38-28(16-22-9-13-26(40)14-10-22)31(42)37(19-24-11-12-25(33)17-27(24)34)21(2)30(38)39(36)32(43)35-18-23-7-5-4-6-8-23/h3-14,17,21,28,30,40H,1,15-16,18-20H2,2H3,(H,35,43)/t21?,28-,30?/m0/s1. The first-order chi connectivity index (χ1) is 20.7. The Balaban J connectivity index is 1.54. The van der Waals surface area contributed by atoms with Gasteiger partial charge in [-0.25, -0.2) is 23.6 Å². The first-order valence-corrected chi connectivity index (χ1v) is 14.0. The van der Waals surface area contributed by atoms with Crippen LogP contribution in [-0.2, 0) is 29.1 Å². The number of phenolic OH excluding ortho intramolecular Hbond substituents is 1. The molecule has 0 bridgehead atoms. The molecule has 2 aliphatic heterocycles. The summed E-state index contributed by atoms with van der Waals surface area (Å²) >= 11 is 0. The molecule has 2 saturated heterocycles. The van der Waals surface area contributed by atoms with Gasteiger partial charge in [-0.2, -0.15) is 0 Å². The van der Waals surface area contributed by atoms with Crippen molar-refractivity contribution in [3.05, 3.63) is 114 Å². The minimum absolute atomic E-state index is 0.0500. The van der Waals surface area contributed by atoms with Crippen LogP contribution in [0.15, 0.2) is 85.5 Å². The van der Waals surface area contributed by atoms with E-state index in [1.54, 1.807) is 30.1 Å². The van der Waals surface area contributed by atoms with Crippen LogP contribution in [0.1, 0.15) is 23.6 Å². The number of nitrogens with zero attached hydrogens (tertiary/aromatic N) is 4. The molecule has 0 saturated carbocycles. The van der Waals surface area contributed by atoms with Gasteiger partial charge < -0.3 is 20.2 Å². The number of hydrogen-bond donors (Lipinski definition) is 2. The number of carbonyl (C=O) groups is 3. The Hall–Kier alpha value is -4.77. The summed E-state index contributed by atoms with van der Waals surface area (Å²) < 4.78 is 28.5. The van der Waals surface area contributed by atoms with Gasteiger partial charge in [0, 0.05) is 37.7 Å². The Labute approximate surface area is 248 Å². The maximum Gasteiger partial charge on any atom is 0.334 e. The fourth-order valence-electron chi connectivity index (χ4n) is 5.71. The highest BCUT2D eigenvalue weighted by Gasteiger charge is 2.54. The van der Waals surface area contributed by atoms with E-state index in [0.717, 1.165) is 17.7 Å². The maximum atomic E-state index is 14.8. The first kappa shape index (κ1) is 29.7. The third-order valence-corrected chi connectivity index (χ3v) is 7.83. The molecule has 2 aliphatic rings. The third kappa shape index (κ3) is 6.21. The average molecular weight is 590 g/mol. The smallest absolute Gasteiger partial charge is 0.334 e. The fourth-order valence-corrected chi connectivity index (χ4v) is 5.71. The molecule has 2 heterocycles. The number of halogens is 2. The second-order valence-corrected chi connectivity index (χ2v) is 10.7. The highest BCUT2D eigenvalue weighted by atomic mass is 19.1. The second kappa shape index (κ2) is 12.6. The van der Waals surface area contributed by atoms with Gasteiger partial charge in [-0.05, 0) is 36.2 Å². The lowest BCUT2D eigenvalue weighted by atomic mass is 9.94. The molecule has 2 unspecified atom stereocenters. The van der Waals surface area contributed by atoms with Crippen molar-refractivity contribution in [3.8, 4) is 5.75 Å². The van der Waals surface area contributed by atoms with Crippen LogP contribution in [0.3, 0.4) is 0 Å². The zero-order valence-corrected chi connectivity index (χ0v) is 23.7. The van der Waals surface area contributed by atoms with Gasteiger partial charge in [-0.1, -0.05) is 54.6 Å². The molecule has 0 spiro atoms. The van der Waals surface area contributed by atoms with Gasteiger partial charge in [-0.15, -0.1) is 6.58 Å². The van der Waals surface area contributed by atoms with E-state index in [4.69, 9.17) is 0 Å². The van der Waals surface area contributed by atoms with E-state index in [2.05, 4.69) is 11.9 Å². The average Bonchev–Trinajstić information content (AvgIpc) is 2.99. The van der Waals surface area contributed by atoms with E-state index < -0.39 is 41.8 Å². The summed E-state index contributed by atoms with van der Waals surface area (Å²) in [5.74, 6) is -2.28. The maximum absolute atomic E-state index is 14.8. The number of amides is 4. The number of fused-ring (bicyclic) bond motifs is 1. The summed E-state index contributed by atoms with van der Waals surface area (Å²) in [6, 6.07) is 16.5. The highest BCUT2D eigenvalue weighted by Crippen LogP contribution is 2.33. The summed E-state index contributed by atoms with van der Waals surface area (Å²) in [5.41, 5.74) is 1.66. The Morgan fingerprint density at radius 2 is 1.77 bits per heavy atom. The van der Waals surface area contributed by atoms with Crippen molar-refractivity contribution in [2.75, 3.05) is 13.1 Å². The van der Waals surface area contributed by atoms with Gasteiger partial charge in [0.1, 0.15) is 29.6 Å². The molecule has 3 atom stereocenters. The van der Waals surface area contributed by atoms with E-state index in [0.29, 0.717) is 5.56 Å². The minimum Gasteiger partial charge on any atom is -0.508 e. The van der Waals surface area contributed by atoms with Crippen LogP contribution in [0.2, 0.25) is 0 Å². The Bertz CT molecular complexity index is 1500. The van der Waals surface area contributed by atoms with E-state index >= 15 is 0 Å². The van der Waals surface area contributed by atoms with Crippen LogP contribution < -0.4 is 5.32 Å². The largest absolute Gasteiger partial charge is 0.508 e. The van der Waals surface area contributed by atoms with Crippen molar-refractivity contribution in [2.45, 2.75) is 44.7 Å². The number of piperazine rings is 1. The van der Waals surface area contributed by atoms with Crippen molar-refractivity contribution in [2.24, 2.45) is 0 Å². The summed E-state index contributed by atoms with van der Waals surface area (Å²) in [6.45, 7) is 5.54. The van der Waals surface area contributed by atoms with Gasteiger partial charge in [0.25, 0.3) is 0 Å². The van der Waals surface area contributed by atoms with Gasteiger partial charge in [-0.3, -0.25) is 9.59 Å². The molecular formula is C32H33F2N5O4. The molecule has 0 radical (unpaired) electrons. The van der Waals surface area contributed by atoms with E-state index in [1.807, 2.05) is 30.3 Å². The molecule has 9 nitrogen and oxygen atoms in total. The number of rotatable bonds is 8. The summed E-state index contributed by atoms with van der Waals surface area (Å²) in [4.78, 5) is 44.6. The number of hydrogen-bond acceptors (Lipinski definition) is 5. The van der Waals surface area contributed by atoms with Crippen molar-refractivity contribution in [1.82, 2.24) is 25.1 Å². The number of aromatic hydroxyl groups is 1. The van der Waals surface area contributed by atoms with Crippen LogP contribution in [-0.4, -0.2) is 74.1 Å². The van der Waals surface area contributed by atoms with Crippen molar-refractivity contribution >= 4 is 17.8 Å². The van der Waals surface area contributed by atoms with Crippen LogP contribution >= 0.6 is 0 Å². The number of phenols is 1. The molecule has 224 valence electrons. The third-order valence-electron chi connectivity index (χ3n) is 7.83.